The van der Waals surface area contributed by atoms with E-state index in [1.165, 1.54) is 0 Å². The van der Waals surface area contributed by atoms with Gasteiger partial charge in [0.2, 0.25) is 0 Å². The van der Waals surface area contributed by atoms with Crippen molar-refractivity contribution in [3.8, 4) is 0 Å². The van der Waals surface area contributed by atoms with Crippen LogP contribution in [0.3, 0.4) is 0 Å². The molecule has 21 heavy (non-hydrogen) atoms. The fraction of sp³-hybridized carbons (Fsp3) is 0.529. The fourth-order valence-electron chi connectivity index (χ4n) is 3.62. The molecule has 1 aliphatic carbocycles. The van der Waals surface area contributed by atoms with Crippen molar-refractivity contribution in [2.75, 3.05) is 0 Å². The van der Waals surface area contributed by atoms with Crippen molar-refractivity contribution in [1.82, 2.24) is 0 Å². The van der Waals surface area contributed by atoms with Crippen LogP contribution in [-0.4, -0.2) is 11.8 Å². The minimum Gasteiger partial charge on any atom is -0.456 e. The maximum absolute atomic E-state index is 12.8. The predicted molar refractivity (Wildman–Crippen MR) is 80.0 cm³/mol. The van der Waals surface area contributed by atoms with Crippen LogP contribution in [0.4, 0.5) is 0 Å². The summed E-state index contributed by atoms with van der Waals surface area (Å²) in [6.07, 6.45) is 3.75. The van der Waals surface area contributed by atoms with Crippen LogP contribution in [0.5, 0.6) is 0 Å². The van der Waals surface area contributed by atoms with E-state index in [0.29, 0.717) is 17.9 Å². The Bertz CT molecular complexity index is 558. The van der Waals surface area contributed by atoms with Crippen LogP contribution in [0.2, 0.25) is 5.02 Å². The zero-order valence-corrected chi connectivity index (χ0v) is 12.9. The molecule has 4 heteroatoms. The highest BCUT2D eigenvalue weighted by atomic mass is 35.5. The van der Waals surface area contributed by atoms with Crippen LogP contribution >= 0.6 is 11.6 Å². The number of carbonyl (C=O) groups excluding carboxylic acids is 2. The van der Waals surface area contributed by atoms with Crippen LogP contribution in [0.1, 0.15) is 50.7 Å². The van der Waals surface area contributed by atoms with E-state index in [2.05, 4.69) is 0 Å². The van der Waals surface area contributed by atoms with Crippen molar-refractivity contribution in [1.29, 1.82) is 0 Å². The smallest absolute Gasteiger partial charge is 0.320 e. The fourth-order valence-corrected chi connectivity index (χ4v) is 3.75. The second-order valence-electron chi connectivity index (χ2n) is 6.17. The molecule has 0 aromatic heterocycles. The largest absolute Gasteiger partial charge is 0.456 e. The van der Waals surface area contributed by atoms with Gasteiger partial charge >= 0.3 is 5.97 Å². The average molecular weight is 307 g/mol. The number of hydrogen-bond donors (Lipinski definition) is 0. The lowest BCUT2D eigenvalue weighted by molar-refractivity contribution is -0.183. The summed E-state index contributed by atoms with van der Waals surface area (Å²) in [4.78, 5) is 25.3. The van der Waals surface area contributed by atoms with E-state index in [-0.39, 0.29) is 17.7 Å². The van der Waals surface area contributed by atoms with Gasteiger partial charge in [-0.15, -0.1) is 0 Å². The summed E-state index contributed by atoms with van der Waals surface area (Å²) in [5.41, 5.74) is -0.0418. The maximum atomic E-state index is 12.8. The third kappa shape index (κ3) is 2.38. The highest BCUT2D eigenvalue weighted by Gasteiger charge is 2.55. The van der Waals surface area contributed by atoms with Gasteiger partial charge in [0.15, 0.2) is 5.78 Å². The molecule has 0 bridgehead atoms. The minimum absolute atomic E-state index is 0.0541. The van der Waals surface area contributed by atoms with E-state index < -0.39 is 11.5 Å². The first-order valence-electron chi connectivity index (χ1n) is 7.55. The number of carbonyl (C=O) groups is 2. The Balaban J connectivity index is 1.90. The second kappa shape index (κ2) is 5.45. The molecule has 2 aliphatic rings. The second-order valence-corrected chi connectivity index (χ2v) is 6.61. The van der Waals surface area contributed by atoms with Gasteiger partial charge in [-0.05, 0) is 30.5 Å². The standard InChI is InChI=1S/C17H19ClO3/c1-11-14(12-5-7-13(18)8-6-12)21-16(20)17(15(11)19)9-3-2-4-10-17/h5-8,11,14H,2-4,9-10H2,1H3/t11-,14+/m0/s1. The number of esters is 1. The molecule has 1 aromatic carbocycles. The lowest BCUT2D eigenvalue weighted by atomic mass is 9.65. The van der Waals surface area contributed by atoms with Crippen LogP contribution in [0, 0.1) is 11.3 Å². The van der Waals surface area contributed by atoms with Gasteiger partial charge in [-0.1, -0.05) is 49.9 Å². The van der Waals surface area contributed by atoms with Crippen LogP contribution in [0.15, 0.2) is 24.3 Å². The monoisotopic (exact) mass is 306 g/mol. The molecule has 1 saturated heterocycles. The highest BCUT2D eigenvalue weighted by Crippen LogP contribution is 2.47. The molecule has 2 atom stereocenters. The maximum Gasteiger partial charge on any atom is 0.320 e. The first-order valence-corrected chi connectivity index (χ1v) is 7.93. The molecule has 1 aromatic rings. The van der Waals surface area contributed by atoms with Crippen LogP contribution in [0.25, 0.3) is 0 Å². The molecule has 1 spiro atoms. The van der Waals surface area contributed by atoms with E-state index in [1.807, 2.05) is 19.1 Å². The number of Topliss-reactive ketones (excluding diaryl/α,β-unsaturated/α-hetero) is 1. The van der Waals surface area contributed by atoms with Crippen LogP contribution < -0.4 is 0 Å². The van der Waals surface area contributed by atoms with Gasteiger partial charge in [-0.3, -0.25) is 9.59 Å². The first kappa shape index (κ1) is 14.6. The minimum atomic E-state index is -0.874. The van der Waals surface area contributed by atoms with Crippen LogP contribution in [-0.2, 0) is 14.3 Å². The molecule has 0 amide bonds. The summed E-state index contributed by atoms with van der Waals surface area (Å²) in [6.45, 7) is 1.87. The van der Waals surface area contributed by atoms with Gasteiger partial charge in [-0.2, -0.15) is 0 Å². The van der Waals surface area contributed by atoms with Gasteiger partial charge in [0.1, 0.15) is 11.5 Å². The SMILES string of the molecule is C[C@@H]1C(=O)C2(CCCCC2)C(=O)O[C@H]1c1ccc(Cl)cc1. The first-order chi connectivity index (χ1) is 10.0. The van der Waals surface area contributed by atoms with E-state index in [0.717, 1.165) is 24.8 Å². The van der Waals surface area contributed by atoms with Crippen molar-refractivity contribution in [2.45, 2.75) is 45.1 Å². The van der Waals surface area contributed by atoms with Gasteiger partial charge < -0.3 is 4.74 Å². The lowest BCUT2D eigenvalue weighted by Gasteiger charge is -2.42. The van der Waals surface area contributed by atoms with Gasteiger partial charge in [0.25, 0.3) is 0 Å². The zero-order chi connectivity index (χ0) is 15.0. The molecule has 0 unspecified atom stereocenters. The number of hydrogen-bond acceptors (Lipinski definition) is 3. The Kier molecular flexibility index (Phi) is 3.78. The summed E-state index contributed by atoms with van der Waals surface area (Å²) in [6, 6.07) is 7.16. The molecule has 0 N–H and O–H groups in total. The Morgan fingerprint density at radius 1 is 1.10 bits per heavy atom. The molecular weight excluding hydrogens is 288 g/mol. The van der Waals surface area contributed by atoms with E-state index in [9.17, 15) is 9.59 Å². The Hall–Kier alpha value is -1.35. The van der Waals surface area contributed by atoms with Crippen molar-refractivity contribution in [3.63, 3.8) is 0 Å². The lowest BCUT2D eigenvalue weighted by Crippen LogP contribution is -2.51. The summed E-state index contributed by atoms with van der Waals surface area (Å²) in [5.74, 6) is -0.578. The molecule has 3 rings (SSSR count). The van der Waals surface area contributed by atoms with Crippen molar-refractivity contribution < 1.29 is 14.3 Å². The average Bonchev–Trinajstić information content (AvgIpc) is 2.51. The number of ketones is 1. The molecule has 3 nitrogen and oxygen atoms in total. The number of cyclic esters (lactones) is 1. The number of rotatable bonds is 1. The molecule has 1 aliphatic heterocycles. The number of halogens is 1. The quantitative estimate of drug-likeness (QED) is 0.579. The molecular formula is C17H19ClO3. The summed E-state index contributed by atoms with van der Waals surface area (Å²) in [5, 5.41) is 0.628. The molecule has 0 radical (unpaired) electrons. The molecule has 1 heterocycles. The highest BCUT2D eigenvalue weighted by molar-refractivity contribution is 6.30. The third-order valence-electron chi connectivity index (χ3n) is 4.87. The molecule has 2 fully saturated rings. The number of benzene rings is 1. The Morgan fingerprint density at radius 2 is 1.71 bits per heavy atom. The van der Waals surface area contributed by atoms with E-state index >= 15 is 0 Å². The summed E-state index contributed by atoms with van der Waals surface area (Å²) >= 11 is 5.89. The van der Waals surface area contributed by atoms with Crippen molar-refractivity contribution >= 4 is 23.4 Å². The Morgan fingerprint density at radius 3 is 2.33 bits per heavy atom. The van der Waals surface area contributed by atoms with Gasteiger partial charge in [0, 0.05) is 5.02 Å². The normalized spacial score (nSPS) is 28.5. The van der Waals surface area contributed by atoms with Crippen molar-refractivity contribution in [2.24, 2.45) is 11.3 Å². The van der Waals surface area contributed by atoms with E-state index in [1.54, 1.807) is 12.1 Å². The topological polar surface area (TPSA) is 43.4 Å². The molecule has 1 saturated carbocycles. The Labute approximate surface area is 129 Å². The van der Waals surface area contributed by atoms with E-state index in [4.69, 9.17) is 16.3 Å². The van der Waals surface area contributed by atoms with Crippen molar-refractivity contribution in [3.05, 3.63) is 34.9 Å². The summed E-state index contributed by atoms with van der Waals surface area (Å²) in [7, 11) is 0. The van der Waals surface area contributed by atoms with Gasteiger partial charge in [-0.25, -0.2) is 0 Å². The molecule has 112 valence electrons. The predicted octanol–water partition coefficient (Wildman–Crippen LogP) is 4.09. The summed E-state index contributed by atoms with van der Waals surface area (Å²) < 4.78 is 5.69. The zero-order valence-electron chi connectivity index (χ0n) is 12.1. The number of ether oxygens (including phenoxy) is 1. The van der Waals surface area contributed by atoms with Gasteiger partial charge in [0.05, 0.1) is 5.92 Å². The third-order valence-corrected chi connectivity index (χ3v) is 5.12.